The summed E-state index contributed by atoms with van der Waals surface area (Å²) in [6.07, 6.45) is 1.47. The first-order valence-electron chi connectivity index (χ1n) is 10.5. The van der Waals surface area contributed by atoms with Gasteiger partial charge in [0.15, 0.2) is 0 Å². The van der Waals surface area contributed by atoms with Crippen LogP contribution in [0.3, 0.4) is 0 Å². The Hall–Kier alpha value is -3.34. The Kier molecular flexibility index (Phi) is 5.98. The van der Waals surface area contributed by atoms with Gasteiger partial charge in [-0.15, -0.1) is 0 Å². The van der Waals surface area contributed by atoms with Crippen molar-refractivity contribution in [3.05, 3.63) is 72.3 Å². The fourth-order valence-electron chi connectivity index (χ4n) is 3.99. The van der Waals surface area contributed by atoms with E-state index in [4.69, 9.17) is 0 Å². The molecule has 1 heterocycles. The second-order valence-electron chi connectivity index (χ2n) is 8.03. The topological polar surface area (TPSA) is 61.4 Å². The summed E-state index contributed by atoms with van der Waals surface area (Å²) in [4.78, 5) is 26.9. The summed E-state index contributed by atoms with van der Waals surface area (Å²) < 4.78 is 0. The largest absolute Gasteiger partial charge is 0.371 e. The molecule has 2 N–H and O–H groups in total. The van der Waals surface area contributed by atoms with Gasteiger partial charge in [-0.1, -0.05) is 49.4 Å². The van der Waals surface area contributed by atoms with Crippen LogP contribution < -0.4 is 15.5 Å². The van der Waals surface area contributed by atoms with Crippen LogP contribution >= 0.6 is 0 Å². The summed E-state index contributed by atoms with van der Waals surface area (Å²) in [5.74, 6) is 0.325. The van der Waals surface area contributed by atoms with E-state index in [1.54, 1.807) is 0 Å². The highest BCUT2D eigenvalue weighted by molar-refractivity contribution is 5.96. The quantitative estimate of drug-likeness (QED) is 0.657. The van der Waals surface area contributed by atoms with E-state index in [-0.39, 0.29) is 24.8 Å². The maximum Gasteiger partial charge on any atom is 0.243 e. The minimum absolute atomic E-state index is 0.0466. The maximum atomic E-state index is 12.3. The van der Waals surface area contributed by atoms with E-state index in [1.165, 1.54) is 12.1 Å². The monoisotopic (exact) mass is 401 g/mol. The average molecular weight is 402 g/mol. The fraction of sp³-hybridized carbons (Fsp3) is 0.280. The molecule has 1 aliphatic heterocycles. The fourth-order valence-corrected chi connectivity index (χ4v) is 3.99. The van der Waals surface area contributed by atoms with E-state index >= 15 is 0 Å². The zero-order valence-corrected chi connectivity index (χ0v) is 17.2. The van der Waals surface area contributed by atoms with Gasteiger partial charge in [-0.2, -0.15) is 0 Å². The SMILES string of the molecule is CC1CCN(c2ccc(NC(=O)CNC(=O)Cc3cccc4ccccc34)cc2)C1. The van der Waals surface area contributed by atoms with Crippen molar-refractivity contribution in [2.45, 2.75) is 19.8 Å². The molecule has 1 saturated heterocycles. The highest BCUT2D eigenvalue weighted by Crippen LogP contribution is 2.24. The summed E-state index contributed by atoms with van der Waals surface area (Å²) in [5.41, 5.74) is 2.87. The molecule has 0 radical (unpaired) electrons. The molecule has 1 unspecified atom stereocenters. The molecule has 0 bridgehead atoms. The number of benzene rings is 3. The highest BCUT2D eigenvalue weighted by atomic mass is 16.2. The van der Waals surface area contributed by atoms with Crippen LogP contribution in [-0.2, 0) is 16.0 Å². The molecule has 0 saturated carbocycles. The summed E-state index contributed by atoms with van der Waals surface area (Å²) in [6, 6.07) is 21.8. The molecule has 1 atom stereocenters. The first-order valence-corrected chi connectivity index (χ1v) is 10.5. The van der Waals surface area contributed by atoms with Crippen molar-refractivity contribution in [2.24, 2.45) is 5.92 Å². The second-order valence-corrected chi connectivity index (χ2v) is 8.03. The van der Waals surface area contributed by atoms with Crippen LogP contribution in [0.25, 0.3) is 10.8 Å². The van der Waals surface area contributed by atoms with E-state index in [9.17, 15) is 9.59 Å². The normalized spacial score (nSPS) is 15.9. The van der Waals surface area contributed by atoms with Crippen molar-refractivity contribution in [2.75, 3.05) is 29.9 Å². The Labute approximate surface area is 177 Å². The molecule has 0 aromatic heterocycles. The molecule has 0 aliphatic carbocycles. The lowest BCUT2D eigenvalue weighted by Gasteiger charge is -2.18. The molecule has 30 heavy (non-hydrogen) atoms. The first kappa shape index (κ1) is 20.0. The smallest absolute Gasteiger partial charge is 0.243 e. The number of rotatable bonds is 6. The number of nitrogens with one attached hydrogen (secondary N) is 2. The van der Waals surface area contributed by atoms with Crippen molar-refractivity contribution >= 4 is 34.0 Å². The Morgan fingerprint density at radius 3 is 2.50 bits per heavy atom. The van der Waals surface area contributed by atoms with Crippen LogP contribution in [-0.4, -0.2) is 31.4 Å². The third kappa shape index (κ3) is 4.79. The van der Waals surface area contributed by atoms with E-state index in [0.717, 1.165) is 41.0 Å². The second kappa shape index (κ2) is 8.99. The number of carbonyl (C=O) groups excluding carboxylic acids is 2. The van der Waals surface area contributed by atoms with Crippen molar-refractivity contribution < 1.29 is 9.59 Å². The molecule has 3 aromatic rings. The molecular formula is C25H27N3O2. The third-order valence-corrected chi connectivity index (χ3v) is 5.62. The van der Waals surface area contributed by atoms with Crippen LogP contribution in [0, 0.1) is 5.92 Å². The van der Waals surface area contributed by atoms with Gasteiger partial charge < -0.3 is 15.5 Å². The summed E-state index contributed by atoms with van der Waals surface area (Å²) in [6.45, 7) is 4.38. The van der Waals surface area contributed by atoms with Crippen molar-refractivity contribution in [1.82, 2.24) is 5.32 Å². The zero-order valence-electron chi connectivity index (χ0n) is 17.2. The molecule has 1 fully saturated rings. The maximum absolute atomic E-state index is 12.3. The number of hydrogen-bond acceptors (Lipinski definition) is 3. The molecule has 2 amide bonds. The summed E-state index contributed by atoms with van der Waals surface area (Å²) in [7, 11) is 0. The summed E-state index contributed by atoms with van der Waals surface area (Å²) >= 11 is 0. The zero-order chi connectivity index (χ0) is 20.9. The van der Waals surface area contributed by atoms with E-state index in [0.29, 0.717) is 0 Å². The number of hydrogen-bond donors (Lipinski definition) is 2. The van der Waals surface area contributed by atoms with Gasteiger partial charge in [0.25, 0.3) is 0 Å². The Morgan fingerprint density at radius 2 is 1.73 bits per heavy atom. The highest BCUT2D eigenvalue weighted by Gasteiger charge is 2.18. The van der Waals surface area contributed by atoms with Gasteiger partial charge in [-0.3, -0.25) is 9.59 Å². The van der Waals surface area contributed by atoms with Gasteiger partial charge in [0, 0.05) is 24.5 Å². The summed E-state index contributed by atoms with van der Waals surface area (Å²) in [5, 5.41) is 7.73. The lowest BCUT2D eigenvalue weighted by Crippen LogP contribution is -2.33. The number of carbonyl (C=O) groups is 2. The van der Waals surface area contributed by atoms with Crippen LogP contribution in [0.1, 0.15) is 18.9 Å². The van der Waals surface area contributed by atoms with Crippen LogP contribution in [0.4, 0.5) is 11.4 Å². The molecule has 0 spiro atoms. The van der Waals surface area contributed by atoms with E-state index in [1.807, 2.05) is 66.7 Å². The van der Waals surface area contributed by atoms with Gasteiger partial charge >= 0.3 is 0 Å². The van der Waals surface area contributed by atoms with Gasteiger partial charge in [0.1, 0.15) is 0 Å². The minimum atomic E-state index is -0.233. The number of amides is 2. The minimum Gasteiger partial charge on any atom is -0.371 e. The predicted molar refractivity (Wildman–Crippen MR) is 122 cm³/mol. The van der Waals surface area contributed by atoms with E-state index in [2.05, 4.69) is 22.5 Å². The van der Waals surface area contributed by atoms with Gasteiger partial charge in [0.05, 0.1) is 13.0 Å². The Morgan fingerprint density at radius 1 is 0.967 bits per heavy atom. The van der Waals surface area contributed by atoms with E-state index < -0.39 is 0 Å². The number of fused-ring (bicyclic) bond motifs is 1. The first-order chi connectivity index (χ1) is 14.6. The molecule has 5 heteroatoms. The molecule has 5 nitrogen and oxygen atoms in total. The van der Waals surface area contributed by atoms with Crippen molar-refractivity contribution in [3.63, 3.8) is 0 Å². The molecule has 3 aromatic carbocycles. The van der Waals surface area contributed by atoms with Crippen LogP contribution in [0.5, 0.6) is 0 Å². The van der Waals surface area contributed by atoms with Crippen molar-refractivity contribution in [3.8, 4) is 0 Å². The predicted octanol–water partition coefficient (Wildman–Crippen LogP) is 3.98. The molecule has 154 valence electrons. The number of anilines is 2. The van der Waals surface area contributed by atoms with Crippen LogP contribution in [0.15, 0.2) is 66.7 Å². The lowest BCUT2D eigenvalue weighted by molar-refractivity contribution is -0.123. The van der Waals surface area contributed by atoms with Gasteiger partial charge in [0.2, 0.25) is 11.8 Å². The van der Waals surface area contributed by atoms with Crippen LogP contribution in [0.2, 0.25) is 0 Å². The molecular weight excluding hydrogens is 374 g/mol. The number of nitrogens with zero attached hydrogens (tertiary/aromatic N) is 1. The van der Waals surface area contributed by atoms with Gasteiger partial charge in [-0.25, -0.2) is 0 Å². The molecule has 1 aliphatic rings. The molecule has 4 rings (SSSR count). The standard InChI is InChI=1S/C25H27N3O2/c1-18-13-14-28(17-18)22-11-9-21(10-12-22)27-25(30)16-26-24(29)15-20-7-4-6-19-5-2-3-8-23(19)20/h2-12,18H,13-17H2,1H3,(H,26,29)(H,27,30). The Bertz CT molecular complexity index is 1040. The average Bonchev–Trinajstić information content (AvgIpc) is 3.19. The third-order valence-electron chi connectivity index (χ3n) is 5.62. The van der Waals surface area contributed by atoms with Gasteiger partial charge in [-0.05, 0) is 52.9 Å². The Balaban J connectivity index is 1.27. The van der Waals surface area contributed by atoms with Crippen molar-refractivity contribution in [1.29, 1.82) is 0 Å². The lowest BCUT2D eigenvalue weighted by atomic mass is 10.0.